The lowest BCUT2D eigenvalue weighted by atomic mass is 9.98. The van der Waals surface area contributed by atoms with E-state index in [0.29, 0.717) is 35.8 Å². The molecule has 0 bridgehead atoms. The highest BCUT2D eigenvalue weighted by Crippen LogP contribution is 2.22. The lowest BCUT2D eigenvalue weighted by molar-refractivity contribution is 0.0939. The number of carbonyl (C=O) groups is 2. The minimum absolute atomic E-state index is 0.0534. The first-order chi connectivity index (χ1) is 14.6. The molecule has 5 nitrogen and oxygen atoms in total. The van der Waals surface area contributed by atoms with E-state index in [4.69, 9.17) is 4.74 Å². The highest BCUT2D eigenvalue weighted by Gasteiger charge is 2.21. The van der Waals surface area contributed by atoms with Crippen molar-refractivity contribution in [3.63, 3.8) is 0 Å². The lowest BCUT2D eigenvalue weighted by Gasteiger charge is -2.32. The molecule has 160 valence electrons. The van der Waals surface area contributed by atoms with Crippen LogP contribution in [0, 0.1) is 11.7 Å². The van der Waals surface area contributed by atoms with Crippen LogP contribution in [-0.4, -0.2) is 49.9 Å². The van der Waals surface area contributed by atoms with Crippen molar-refractivity contribution in [3.05, 3.63) is 65.5 Å². The minimum atomic E-state index is -0.328. The van der Waals surface area contributed by atoms with Gasteiger partial charge in [-0.1, -0.05) is 12.1 Å². The fourth-order valence-electron chi connectivity index (χ4n) is 3.86. The van der Waals surface area contributed by atoms with Crippen molar-refractivity contribution < 1.29 is 18.7 Å². The Labute approximate surface area is 177 Å². The smallest absolute Gasteiger partial charge is 0.254 e. The summed E-state index contributed by atoms with van der Waals surface area (Å²) in [5.74, 6) is 0.577. The Balaban J connectivity index is 1.44. The third-order valence-electron chi connectivity index (χ3n) is 5.48. The van der Waals surface area contributed by atoms with Gasteiger partial charge < -0.3 is 15.0 Å². The fourth-order valence-corrected chi connectivity index (χ4v) is 3.86. The number of hydrogen-bond acceptors (Lipinski definition) is 4. The van der Waals surface area contributed by atoms with Gasteiger partial charge in [-0.2, -0.15) is 0 Å². The van der Waals surface area contributed by atoms with E-state index in [2.05, 4.69) is 10.2 Å². The number of ketones is 1. The molecular weight excluding hydrogens is 383 g/mol. The van der Waals surface area contributed by atoms with Crippen LogP contribution in [0.1, 0.15) is 46.4 Å². The quantitative estimate of drug-likeness (QED) is 0.634. The van der Waals surface area contributed by atoms with Crippen molar-refractivity contribution in [3.8, 4) is 5.75 Å². The number of hydrogen-bond donors (Lipinski definition) is 1. The molecule has 2 aromatic carbocycles. The van der Waals surface area contributed by atoms with Crippen molar-refractivity contribution in [2.45, 2.75) is 25.7 Å². The summed E-state index contributed by atoms with van der Waals surface area (Å²) in [6.07, 6.45) is 3.43. The van der Waals surface area contributed by atoms with Crippen LogP contribution < -0.4 is 10.1 Å². The van der Waals surface area contributed by atoms with Crippen LogP contribution in [0.3, 0.4) is 0 Å². The molecule has 6 heteroatoms. The van der Waals surface area contributed by atoms with E-state index in [1.54, 1.807) is 25.2 Å². The van der Waals surface area contributed by atoms with Gasteiger partial charge in [0.05, 0.1) is 12.2 Å². The molecule has 0 spiro atoms. The molecular formula is C24H29FN2O3. The third kappa shape index (κ3) is 6.13. The molecule has 0 aliphatic carbocycles. The minimum Gasteiger partial charge on any atom is -0.492 e. The second-order valence-corrected chi connectivity index (χ2v) is 7.73. The van der Waals surface area contributed by atoms with E-state index in [1.165, 1.54) is 12.1 Å². The first-order valence-corrected chi connectivity index (χ1v) is 10.5. The number of piperidine rings is 1. The number of nitrogens with one attached hydrogen (secondary N) is 1. The normalized spacial score (nSPS) is 16.8. The maximum absolute atomic E-state index is 13.0. The maximum atomic E-state index is 13.0. The summed E-state index contributed by atoms with van der Waals surface area (Å²) < 4.78 is 19.0. The molecule has 30 heavy (non-hydrogen) atoms. The molecule has 1 unspecified atom stereocenters. The van der Waals surface area contributed by atoms with Crippen LogP contribution in [0.25, 0.3) is 0 Å². The van der Waals surface area contributed by atoms with E-state index in [-0.39, 0.29) is 17.5 Å². The Hall–Kier alpha value is -2.73. The number of likely N-dealkylation sites (tertiary alicyclic amines) is 1. The van der Waals surface area contributed by atoms with Crippen molar-refractivity contribution >= 4 is 11.7 Å². The van der Waals surface area contributed by atoms with E-state index >= 15 is 0 Å². The molecule has 1 saturated heterocycles. The molecule has 0 saturated carbocycles. The average Bonchev–Trinajstić information content (AvgIpc) is 2.78. The van der Waals surface area contributed by atoms with Gasteiger partial charge in [-0.05, 0) is 68.8 Å². The summed E-state index contributed by atoms with van der Waals surface area (Å²) in [7, 11) is 1.61. The number of nitrogens with zero attached hydrogens (tertiary/aromatic N) is 1. The Morgan fingerprint density at radius 3 is 2.70 bits per heavy atom. The molecule has 1 atom stereocenters. The third-order valence-corrected chi connectivity index (χ3v) is 5.48. The SMILES string of the molecule is CNC(=O)c1ccccc1OCC1CCCN(CCCC(=O)c2ccc(F)cc2)C1. The standard InChI is InChI=1S/C24H29FN2O3/c1-26-24(29)21-7-2-3-9-23(21)30-17-18-6-4-14-27(16-18)15-5-8-22(28)19-10-12-20(25)13-11-19/h2-3,7,9-13,18H,4-6,8,14-17H2,1H3,(H,26,29). The second kappa shape index (κ2) is 10.9. The Bertz CT molecular complexity index is 854. The van der Waals surface area contributed by atoms with Gasteiger partial charge in [0.25, 0.3) is 5.91 Å². The zero-order valence-corrected chi connectivity index (χ0v) is 17.4. The number of halogens is 1. The summed E-state index contributed by atoms with van der Waals surface area (Å²) in [6.45, 7) is 3.38. The van der Waals surface area contributed by atoms with E-state index in [0.717, 1.165) is 38.9 Å². The van der Waals surface area contributed by atoms with Gasteiger partial charge in [-0.3, -0.25) is 9.59 Å². The summed E-state index contributed by atoms with van der Waals surface area (Å²) in [5.41, 5.74) is 1.11. The first kappa shape index (κ1) is 22.0. The van der Waals surface area contributed by atoms with E-state index in [9.17, 15) is 14.0 Å². The summed E-state index contributed by atoms with van der Waals surface area (Å²) in [6, 6.07) is 13.0. The maximum Gasteiger partial charge on any atom is 0.254 e. The average molecular weight is 413 g/mol. The summed E-state index contributed by atoms with van der Waals surface area (Å²) in [4.78, 5) is 26.6. The van der Waals surface area contributed by atoms with Crippen molar-refractivity contribution in [2.24, 2.45) is 5.92 Å². The molecule has 1 aliphatic rings. The van der Waals surface area contributed by atoms with Crippen LogP contribution in [0.5, 0.6) is 5.75 Å². The monoisotopic (exact) mass is 412 g/mol. The van der Waals surface area contributed by atoms with Crippen molar-refractivity contribution in [1.82, 2.24) is 10.2 Å². The molecule has 1 heterocycles. The van der Waals surface area contributed by atoms with Crippen LogP contribution >= 0.6 is 0 Å². The largest absolute Gasteiger partial charge is 0.492 e. The summed E-state index contributed by atoms with van der Waals surface area (Å²) >= 11 is 0. The zero-order valence-electron chi connectivity index (χ0n) is 17.4. The van der Waals surface area contributed by atoms with Gasteiger partial charge in [0.1, 0.15) is 11.6 Å². The van der Waals surface area contributed by atoms with Crippen LogP contribution in [0.2, 0.25) is 0 Å². The van der Waals surface area contributed by atoms with Gasteiger partial charge in [-0.25, -0.2) is 4.39 Å². The molecule has 3 rings (SSSR count). The molecule has 2 aromatic rings. The van der Waals surface area contributed by atoms with Crippen molar-refractivity contribution in [2.75, 3.05) is 33.3 Å². The highest BCUT2D eigenvalue weighted by molar-refractivity contribution is 5.96. The molecule has 1 N–H and O–H groups in total. The number of carbonyl (C=O) groups excluding carboxylic acids is 2. The zero-order chi connectivity index (χ0) is 21.3. The molecule has 1 fully saturated rings. The van der Waals surface area contributed by atoms with E-state index < -0.39 is 0 Å². The topological polar surface area (TPSA) is 58.6 Å². The number of amides is 1. The molecule has 1 aliphatic heterocycles. The Kier molecular flexibility index (Phi) is 7.97. The number of benzene rings is 2. The Morgan fingerprint density at radius 1 is 1.17 bits per heavy atom. The predicted molar refractivity (Wildman–Crippen MR) is 114 cm³/mol. The Morgan fingerprint density at radius 2 is 1.93 bits per heavy atom. The van der Waals surface area contributed by atoms with Crippen molar-refractivity contribution in [1.29, 1.82) is 0 Å². The van der Waals surface area contributed by atoms with Crippen LogP contribution in [-0.2, 0) is 0 Å². The molecule has 0 radical (unpaired) electrons. The number of para-hydroxylation sites is 1. The van der Waals surface area contributed by atoms with Gasteiger partial charge in [0.2, 0.25) is 0 Å². The second-order valence-electron chi connectivity index (χ2n) is 7.73. The van der Waals surface area contributed by atoms with E-state index in [1.807, 2.05) is 18.2 Å². The first-order valence-electron chi connectivity index (χ1n) is 10.5. The van der Waals surface area contributed by atoms with Gasteiger partial charge >= 0.3 is 0 Å². The number of Topliss-reactive ketones (excluding diaryl/α,β-unsaturated/α-hetero) is 1. The number of rotatable bonds is 9. The molecule has 0 aromatic heterocycles. The molecule has 1 amide bonds. The fraction of sp³-hybridized carbons (Fsp3) is 0.417. The van der Waals surface area contributed by atoms with Crippen LogP contribution in [0.15, 0.2) is 48.5 Å². The number of ether oxygens (including phenoxy) is 1. The van der Waals surface area contributed by atoms with Gasteiger partial charge in [-0.15, -0.1) is 0 Å². The lowest BCUT2D eigenvalue weighted by Crippen LogP contribution is -2.38. The summed E-state index contributed by atoms with van der Waals surface area (Å²) in [5, 5.41) is 2.64. The van der Waals surface area contributed by atoms with Crippen LogP contribution in [0.4, 0.5) is 4.39 Å². The predicted octanol–water partition coefficient (Wildman–Crippen LogP) is 3.94. The highest BCUT2D eigenvalue weighted by atomic mass is 19.1. The van der Waals surface area contributed by atoms with Gasteiger partial charge in [0, 0.05) is 31.5 Å². The van der Waals surface area contributed by atoms with Gasteiger partial charge in [0.15, 0.2) is 5.78 Å².